The van der Waals surface area contributed by atoms with Crippen LogP contribution in [0.15, 0.2) is 15.1 Å². The zero-order chi connectivity index (χ0) is 10.9. The van der Waals surface area contributed by atoms with E-state index in [4.69, 9.17) is 0 Å². The van der Waals surface area contributed by atoms with Crippen molar-refractivity contribution in [2.24, 2.45) is 0 Å². The molecular weight excluding hydrogens is 338 g/mol. The molecule has 1 aromatic rings. The largest absolute Gasteiger partial charge is 0.574 e. The highest BCUT2D eigenvalue weighted by molar-refractivity contribution is 9.13. The van der Waals surface area contributed by atoms with Crippen LogP contribution in [0.2, 0.25) is 0 Å². The molecule has 78 valence electrons. The minimum atomic E-state index is -4.96. The van der Waals surface area contributed by atoms with Crippen LogP contribution in [0, 0.1) is 5.82 Å². The van der Waals surface area contributed by atoms with Crippen LogP contribution in [0.3, 0.4) is 0 Å². The van der Waals surface area contributed by atoms with Crippen molar-refractivity contribution in [3.05, 3.63) is 21.0 Å². The Hall–Kier alpha value is -0.370. The average molecular weight is 339 g/mol. The van der Waals surface area contributed by atoms with Crippen molar-refractivity contribution in [2.45, 2.75) is 6.36 Å². The fourth-order valence-corrected chi connectivity index (χ4v) is 1.17. The van der Waals surface area contributed by atoms with E-state index in [1.54, 1.807) is 0 Å². The van der Waals surface area contributed by atoms with Gasteiger partial charge in [0.25, 0.3) is 5.88 Å². The van der Waals surface area contributed by atoms with Crippen molar-refractivity contribution < 1.29 is 22.3 Å². The lowest BCUT2D eigenvalue weighted by Gasteiger charge is -2.08. The van der Waals surface area contributed by atoms with Gasteiger partial charge in [0, 0.05) is 0 Å². The number of hydrogen-bond acceptors (Lipinski definition) is 2. The molecule has 0 radical (unpaired) electrons. The van der Waals surface area contributed by atoms with E-state index in [1.807, 2.05) is 0 Å². The zero-order valence-corrected chi connectivity index (χ0v) is 9.37. The Labute approximate surface area is 92.5 Å². The topological polar surface area (TPSA) is 22.1 Å². The minimum absolute atomic E-state index is 0.0261. The van der Waals surface area contributed by atoms with E-state index < -0.39 is 18.1 Å². The molecule has 0 aliphatic heterocycles. The van der Waals surface area contributed by atoms with E-state index in [0.717, 1.165) is 6.07 Å². The molecule has 1 aromatic heterocycles. The highest BCUT2D eigenvalue weighted by Crippen LogP contribution is 2.29. The SMILES string of the molecule is Fc1cc(Br)c(Br)nc1OC(F)(F)F. The molecule has 0 aliphatic carbocycles. The molecule has 0 saturated carbocycles. The number of pyridine rings is 1. The predicted molar refractivity (Wildman–Crippen MR) is 46.3 cm³/mol. The molecule has 0 fully saturated rings. The van der Waals surface area contributed by atoms with Crippen LogP contribution in [0.4, 0.5) is 17.6 Å². The van der Waals surface area contributed by atoms with E-state index in [9.17, 15) is 17.6 Å². The van der Waals surface area contributed by atoms with Crippen molar-refractivity contribution >= 4 is 31.9 Å². The Morgan fingerprint density at radius 3 is 2.36 bits per heavy atom. The van der Waals surface area contributed by atoms with Gasteiger partial charge in [-0.15, -0.1) is 13.2 Å². The van der Waals surface area contributed by atoms with Crippen LogP contribution in [0.5, 0.6) is 5.88 Å². The first-order valence-corrected chi connectivity index (χ1v) is 4.65. The van der Waals surface area contributed by atoms with Gasteiger partial charge in [-0.1, -0.05) is 0 Å². The minimum Gasteiger partial charge on any atom is -0.385 e. The summed E-state index contributed by atoms with van der Waals surface area (Å²) in [6.07, 6.45) is -4.96. The molecule has 0 saturated heterocycles. The van der Waals surface area contributed by atoms with Crippen LogP contribution in [-0.4, -0.2) is 11.3 Å². The first kappa shape index (κ1) is 11.7. The molecule has 0 aliphatic rings. The van der Waals surface area contributed by atoms with Crippen LogP contribution in [0.25, 0.3) is 0 Å². The molecule has 0 bridgehead atoms. The van der Waals surface area contributed by atoms with Crippen molar-refractivity contribution in [1.82, 2.24) is 4.98 Å². The normalized spacial score (nSPS) is 11.6. The van der Waals surface area contributed by atoms with Gasteiger partial charge in [-0.2, -0.15) is 0 Å². The van der Waals surface area contributed by atoms with E-state index in [-0.39, 0.29) is 9.08 Å². The van der Waals surface area contributed by atoms with Crippen molar-refractivity contribution in [1.29, 1.82) is 0 Å². The van der Waals surface area contributed by atoms with E-state index >= 15 is 0 Å². The number of alkyl halides is 3. The number of aromatic nitrogens is 1. The summed E-state index contributed by atoms with van der Waals surface area (Å²) in [6.45, 7) is 0. The van der Waals surface area contributed by atoms with Crippen molar-refractivity contribution in [3.8, 4) is 5.88 Å². The quantitative estimate of drug-likeness (QED) is 0.576. The summed E-state index contributed by atoms with van der Waals surface area (Å²) < 4.78 is 51.5. The molecule has 0 unspecified atom stereocenters. The number of hydrogen-bond donors (Lipinski definition) is 0. The predicted octanol–water partition coefficient (Wildman–Crippen LogP) is 3.64. The number of halogens is 6. The Morgan fingerprint density at radius 2 is 1.86 bits per heavy atom. The summed E-state index contributed by atoms with van der Waals surface area (Å²) >= 11 is 5.69. The lowest BCUT2D eigenvalue weighted by molar-refractivity contribution is -0.277. The molecule has 0 N–H and O–H groups in total. The lowest BCUT2D eigenvalue weighted by Crippen LogP contribution is -2.18. The second kappa shape index (κ2) is 4.01. The monoisotopic (exact) mass is 337 g/mol. The molecule has 0 spiro atoms. The maximum absolute atomic E-state index is 12.8. The highest BCUT2D eigenvalue weighted by Gasteiger charge is 2.33. The summed E-state index contributed by atoms with van der Waals surface area (Å²) in [7, 11) is 0. The smallest absolute Gasteiger partial charge is 0.385 e. The highest BCUT2D eigenvalue weighted by atomic mass is 79.9. The van der Waals surface area contributed by atoms with Gasteiger partial charge >= 0.3 is 6.36 Å². The standard InChI is InChI=1S/C6HBr2F4NO/c7-2-1-3(9)5(13-4(2)8)14-6(10,11)12/h1H. The van der Waals surface area contributed by atoms with Gasteiger partial charge in [0.2, 0.25) is 0 Å². The summed E-state index contributed by atoms with van der Waals surface area (Å²) in [6, 6.07) is 0.818. The van der Waals surface area contributed by atoms with Crippen molar-refractivity contribution in [2.75, 3.05) is 0 Å². The third-order valence-electron chi connectivity index (χ3n) is 1.07. The first-order valence-electron chi connectivity index (χ1n) is 3.07. The molecule has 1 heterocycles. The molecule has 0 amide bonds. The first-order chi connectivity index (χ1) is 6.29. The fourth-order valence-electron chi connectivity index (χ4n) is 0.610. The lowest BCUT2D eigenvalue weighted by atomic mass is 10.5. The van der Waals surface area contributed by atoms with Crippen LogP contribution in [-0.2, 0) is 0 Å². The number of nitrogens with zero attached hydrogens (tertiary/aromatic N) is 1. The van der Waals surface area contributed by atoms with Crippen molar-refractivity contribution in [3.63, 3.8) is 0 Å². The summed E-state index contributed by atoms with van der Waals surface area (Å²) in [5.41, 5.74) is 0. The van der Waals surface area contributed by atoms with Gasteiger partial charge in [-0.3, -0.25) is 0 Å². The average Bonchev–Trinajstić information content (AvgIpc) is 1.97. The molecule has 1 rings (SSSR count). The summed E-state index contributed by atoms with van der Waals surface area (Å²) in [5, 5.41) is 0. The van der Waals surface area contributed by atoms with Crippen LogP contribution < -0.4 is 4.74 Å². The molecule has 8 heteroatoms. The van der Waals surface area contributed by atoms with Gasteiger partial charge in [0.1, 0.15) is 4.60 Å². The molecule has 2 nitrogen and oxygen atoms in total. The van der Waals surface area contributed by atoms with Crippen LogP contribution >= 0.6 is 31.9 Å². The third kappa shape index (κ3) is 3.09. The second-order valence-corrected chi connectivity index (χ2v) is 3.70. The summed E-state index contributed by atoms with van der Waals surface area (Å²) in [5.74, 6) is -2.31. The van der Waals surface area contributed by atoms with Gasteiger partial charge < -0.3 is 4.74 Å². The zero-order valence-electron chi connectivity index (χ0n) is 6.20. The molecule has 0 atom stereocenters. The van der Waals surface area contributed by atoms with E-state index in [2.05, 4.69) is 41.6 Å². The van der Waals surface area contributed by atoms with E-state index in [0.29, 0.717) is 0 Å². The Morgan fingerprint density at radius 1 is 1.29 bits per heavy atom. The van der Waals surface area contributed by atoms with Gasteiger partial charge in [-0.25, -0.2) is 9.37 Å². The Kier molecular flexibility index (Phi) is 3.36. The Balaban J connectivity index is 3.04. The third-order valence-corrected chi connectivity index (χ3v) is 2.81. The number of rotatable bonds is 1. The Bertz CT molecular complexity index is 354. The molecular formula is C6HBr2F4NO. The van der Waals surface area contributed by atoms with Gasteiger partial charge in [0.05, 0.1) is 4.47 Å². The fraction of sp³-hybridized carbons (Fsp3) is 0.167. The maximum Gasteiger partial charge on any atom is 0.574 e. The summed E-state index contributed by atoms with van der Waals surface area (Å²) in [4.78, 5) is 3.21. The number of ether oxygens (including phenoxy) is 1. The van der Waals surface area contributed by atoms with E-state index in [1.165, 1.54) is 0 Å². The van der Waals surface area contributed by atoms with Gasteiger partial charge in [0.15, 0.2) is 5.82 Å². The second-order valence-electron chi connectivity index (χ2n) is 2.10. The van der Waals surface area contributed by atoms with Gasteiger partial charge in [-0.05, 0) is 37.9 Å². The maximum atomic E-state index is 12.8. The van der Waals surface area contributed by atoms with Crippen LogP contribution in [0.1, 0.15) is 0 Å². The molecule has 14 heavy (non-hydrogen) atoms. The molecule has 0 aromatic carbocycles.